The molecule has 1 saturated carbocycles. The highest BCUT2D eigenvalue weighted by atomic mass is 16.2. The van der Waals surface area contributed by atoms with Crippen LogP contribution < -0.4 is 0 Å². The lowest BCUT2D eigenvalue weighted by Crippen LogP contribution is -2.44. The molecule has 1 amide bonds. The molecular weight excluding hydrogens is 233 g/mol. The van der Waals surface area contributed by atoms with E-state index >= 15 is 0 Å². The van der Waals surface area contributed by atoms with Gasteiger partial charge in [0.15, 0.2) is 0 Å². The van der Waals surface area contributed by atoms with Crippen molar-refractivity contribution in [3.05, 3.63) is 0 Å². The molecule has 2 aliphatic rings. The predicted octanol–water partition coefficient (Wildman–Crippen LogP) is 3.42. The van der Waals surface area contributed by atoms with Crippen LogP contribution in [0.4, 0.5) is 0 Å². The molecule has 0 bridgehead atoms. The van der Waals surface area contributed by atoms with Crippen LogP contribution in [0.15, 0.2) is 0 Å². The van der Waals surface area contributed by atoms with E-state index < -0.39 is 0 Å². The Morgan fingerprint density at radius 1 is 1.26 bits per heavy atom. The van der Waals surface area contributed by atoms with Gasteiger partial charge in [0.1, 0.15) is 0 Å². The first-order valence-corrected chi connectivity index (χ1v) is 7.74. The van der Waals surface area contributed by atoms with E-state index in [0.717, 1.165) is 45.1 Å². The molecule has 2 radical (unpaired) electrons. The molecule has 3 atom stereocenters. The van der Waals surface area contributed by atoms with Gasteiger partial charge in [0, 0.05) is 19.5 Å². The minimum Gasteiger partial charge on any atom is -0.346 e. The molecule has 0 aromatic heterocycles. The first-order valence-electron chi connectivity index (χ1n) is 7.74. The molecular formula is C16H28BNO. The van der Waals surface area contributed by atoms with Crippen LogP contribution in [0.25, 0.3) is 0 Å². The van der Waals surface area contributed by atoms with Crippen molar-refractivity contribution in [1.29, 1.82) is 0 Å². The van der Waals surface area contributed by atoms with Crippen LogP contribution >= 0.6 is 0 Å². The zero-order valence-corrected chi connectivity index (χ0v) is 13.0. The molecule has 19 heavy (non-hydrogen) atoms. The van der Waals surface area contributed by atoms with Crippen molar-refractivity contribution in [2.45, 2.75) is 64.6 Å². The summed E-state index contributed by atoms with van der Waals surface area (Å²) in [5.41, 5.74) is 0.243. The Balaban J connectivity index is 2.20. The second kappa shape index (κ2) is 5.14. The van der Waals surface area contributed by atoms with E-state index in [1.165, 1.54) is 0 Å². The third-order valence-corrected chi connectivity index (χ3v) is 5.06. The molecule has 1 heterocycles. The van der Waals surface area contributed by atoms with Crippen molar-refractivity contribution >= 4 is 13.8 Å². The minimum atomic E-state index is -0.0774. The van der Waals surface area contributed by atoms with Gasteiger partial charge >= 0.3 is 0 Å². The number of hydrogen-bond donors (Lipinski definition) is 0. The largest absolute Gasteiger partial charge is 0.346 e. The molecule has 0 N–H and O–H groups in total. The number of carbonyl (C=O) groups excluding carboxylic acids is 1. The van der Waals surface area contributed by atoms with Crippen LogP contribution in [-0.2, 0) is 4.79 Å². The summed E-state index contributed by atoms with van der Waals surface area (Å²) < 4.78 is 0. The van der Waals surface area contributed by atoms with Gasteiger partial charge in [0.25, 0.3) is 0 Å². The number of carbonyl (C=O) groups is 1. The molecule has 2 rings (SSSR count). The summed E-state index contributed by atoms with van der Waals surface area (Å²) >= 11 is 0. The molecule has 2 nitrogen and oxygen atoms in total. The maximum absolute atomic E-state index is 12.4. The fraction of sp³-hybridized carbons (Fsp3) is 0.938. The lowest BCUT2D eigenvalue weighted by atomic mass is 9.59. The van der Waals surface area contributed by atoms with Gasteiger partial charge in [-0.2, -0.15) is 0 Å². The molecule has 0 aromatic rings. The monoisotopic (exact) mass is 261 g/mol. The Morgan fingerprint density at radius 2 is 1.95 bits per heavy atom. The van der Waals surface area contributed by atoms with Gasteiger partial charge in [-0.25, -0.2) is 0 Å². The number of likely N-dealkylation sites (tertiary alicyclic amines) is 1. The predicted molar refractivity (Wildman–Crippen MR) is 80.2 cm³/mol. The first-order chi connectivity index (χ1) is 8.70. The van der Waals surface area contributed by atoms with E-state index in [1.807, 2.05) is 11.9 Å². The maximum Gasteiger partial charge on any atom is 0.225 e. The SMILES string of the molecule is [B]C1(C)CCCC2C(=O)N(C)CCC2CC(C)(C)C1. The van der Waals surface area contributed by atoms with Gasteiger partial charge in [0.05, 0.1) is 7.85 Å². The highest BCUT2D eigenvalue weighted by Gasteiger charge is 2.40. The Morgan fingerprint density at radius 3 is 2.63 bits per heavy atom. The maximum atomic E-state index is 12.4. The fourth-order valence-corrected chi connectivity index (χ4v) is 4.45. The quantitative estimate of drug-likeness (QED) is 0.612. The van der Waals surface area contributed by atoms with E-state index in [0.29, 0.717) is 11.8 Å². The fourth-order valence-electron chi connectivity index (χ4n) is 4.45. The standard InChI is InChI=1S/C16H28BNO/c1-15(2)10-12-7-9-18(4)14(19)13(12)6-5-8-16(3,17)11-15/h12-13H,5-11H2,1-4H3. The number of hydrogen-bond acceptors (Lipinski definition) is 1. The summed E-state index contributed by atoms with van der Waals surface area (Å²) in [5.74, 6) is 1.17. The summed E-state index contributed by atoms with van der Waals surface area (Å²) in [6, 6.07) is 0. The molecule has 1 aliphatic heterocycles. The van der Waals surface area contributed by atoms with Crippen LogP contribution in [0.5, 0.6) is 0 Å². The second-order valence-electron chi connectivity index (χ2n) is 8.01. The van der Waals surface area contributed by atoms with Gasteiger partial charge in [-0.05, 0) is 30.6 Å². The molecule has 3 unspecified atom stereocenters. The Kier molecular flexibility index (Phi) is 4.04. The van der Waals surface area contributed by atoms with Gasteiger partial charge in [-0.15, -0.1) is 0 Å². The lowest BCUT2D eigenvalue weighted by molar-refractivity contribution is -0.140. The topological polar surface area (TPSA) is 20.3 Å². The Hall–Kier alpha value is -0.465. The zero-order chi connectivity index (χ0) is 14.3. The average Bonchev–Trinajstić information content (AvgIpc) is 2.29. The minimum absolute atomic E-state index is 0.0774. The second-order valence-corrected chi connectivity index (χ2v) is 8.01. The summed E-state index contributed by atoms with van der Waals surface area (Å²) in [4.78, 5) is 14.3. The first kappa shape index (κ1) is 14.9. The van der Waals surface area contributed by atoms with Gasteiger partial charge in [-0.3, -0.25) is 4.79 Å². The van der Waals surface area contributed by atoms with Crippen LogP contribution in [-0.4, -0.2) is 32.2 Å². The highest BCUT2D eigenvalue weighted by Crippen LogP contribution is 2.48. The molecule has 0 aromatic carbocycles. The van der Waals surface area contributed by atoms with E-state index in [9.17, 15) is 4.79 Å². The Bertz CT molecular complexity index is 351. The Labute approximate surface area is 119 Å². The van der Waals surface area contributed by atoms with Gasteiger partial charge in [-0.1, -0.05) is 45.3 Å². The molecule has 2 fully saturated rings. The molecule has 3 heteroatoms. The third kappa shape index (κ3) is 3.55. The van der Waals surface area contributed by atoms with Crippen LogP contribution in [0, 0.1) is 17.3 Å². The summed E-state index contributed by atoms with van der Waals surface area (Å²) in [7, 11) is 8.40. The van der Waals surface area contributed by atoms with Crippen molar-refractivity contribution in [1.82, 2.24) is 4.90 Å². The smallest absolute Gasteiger partial charge is 0.225 e. The summed E-state index contributed by atoms with van der Waals surface area (Å²) in [6.45, 7) is 7.75. The summed E-state index contributed by atoms with van der Waals surface area (Å²) in [6.07, 6.45) is 6.52. The number of fused-ring (bicyclic) bond motifs is 1. The van der Waals surface area contributed by atoms with Crippen LogP contribution in [0.1, 0.15) is 59.3 Å². The third-order valence-electron chi connectivity index (χ3n) is 5.06. The summed E-state index contributed by atoms with van der Waals surface area (Å²) in [5, 5.41) is -0.0774. The van der Waals surface area contributed by atoms with Crippen molar-refractivity contribution in [3.8, 4) is 0 Å². The average molecular weight is 261 g/mol. The number of amides is 1. The molecule has 1 aliphatic carbocycles. The van der Waals surface area contributed by atoms with E-state index in [4.69, 9.17) is 7.85 Å². The number of rotatable bonds is 0. The molecule has 1 saturated heterocycles. The highest BCUT2D eigenvalue weighted by molar-refractivity contribution is 6.14. The van der Waals surface area contributed by atoms with Gasteiger partial charge < -0.3 is 4.90 Å². The lowest BCUT2D eigenvalue weighted by Gasteiger charge is -2.40. The zero-order valence-electron chi connectivity index (χ0n) is 13.0. The van der Waals surface area contributed by atoms with Crippen molar-refractivity contribution < 1.29 is 4.79 Å². The van der Waals surface area contributed by atoms with Crippen molar-refractivity contribution in [2.24, 2.45) is 17.3 Å². The molecule has 0 spiro atoms. The van der Waals surface area contributed by atoms with Gasteiger partial charge in [0.2, 0.25) is 5.91 Å². The van der Waals surface area contributed by atoms with Crippen molar-refractivity contribution in [3.63, 3.8) is 0 Å². The van der Waals surface area contributed by atoms with E-state index in [-0.39, 0.29) is 16.6 Å². The number of piperidine rings is 1. The van der Waals surface area contributed by atoms with E-state index in [1.54, 1.807) is 0 Å². The van der Waals surface area contributed by atoms with Crippen LogP contribution in [0.2, 0.25) is 5.31 Å². The normalized spacial score (nSPS) is 40.0. The van der Waals surface area contributed by atoms with Crippen molar-refractivity contribution in [2.75, 3.05) is 13.6 Å². The van der Waals surface area contributed by atoms with Crippen LogP contribution in [0.3, 0.4) is 0 Å². The molecule has 106 valence electrons. The number of nitrogens with zero attached hydrogens (tertiary/aromatic N) is 1. The van der Waals surface area contributed by atoms with E-state index in [2.05, 4.69) is 20.8 Å².